The van der Waals surface area contributed by atoms with Gasteiger partial charge in [-0.15, -0.1) is 16.7 Å². The summed E-state index contributed by atoms with van der Waals surface area (Å²) in [6, 6.07) is 12.8. The van der Waals surface area contributed by atoms with Gasteiger partial charge < -0.3 is 0 Å². The number of amides is 1. The van der Waals surface area contributed by atoms with E-state index in [1.54, 1.807) is 16.6 Å². The van der Waals surface area contributed by atoms with Gasteiger partial charge in [0.2, 0.25) is 5.65 Å². The third kappa shape index (κ3) is 2.39. The molecule has 0 aliphatic carbocycles. The molecule has 1 fully saturated rings. The molecule has 1 aliphatic rings. The Hall–Kier alpha value is -3.33. The molecule has 134 valence electrons. The van der Waals surface area contributed by atoms with Crippen molar-refractivity contribution in [2.24, 2.45) is 0 Å². The molecule has 27 heavy (non-hydrogen) atoms. The van der Waals surface area contributed by atoms with Crippen LogP contribution in [-0.4, -0.2) is 41.3 Å². The Balaban J connectivity index is 1.56. The summed E-state index contributed by atoms with van der Waals surface area (Å²) in [5, 5.41) is 12.3. The number of carbonyl (C=O) groups is 1. The molecule has 1 saturated heterocycles. The molecule has 0 radical (unpaired) electrons. The number of rotatable bonds is 3. The van der Waals surface area contributed by atoms with Gasteiger partial charge in [0.25, 0.3) is 5.91 Å². The lowest BCUT2D eigenvalue weighted by Crippen LogP contribution is -2.58. The van der Waals surface area contributed by atoms with Crippen molar-refractivity contribution >= 4 is 40.0 Å². The zero-order valence-electron chi connectivity index (χ0n) is 13.6. The Labute approximate surface area is 156 Å². The van der Waals surface area contributed by atoms with Crippen LogP contribution in [0, 0.1) is 5.82 Å². The summed E-state index contributed by atoms with van der Waals surface area (Å²) in [4.78, 5) is 16.9. The van der Waals surface area contributed by atoms with Crippen LogP contribution in [0.1, 0.15) is 11.6 Å². The van der Waals surface area contributed by atoms with Gasteiger partial charge in [-0.25, -0.2) is 14.4 Å². The minimum Gasteiger partial charge on any atom is -0.275 e. The average Bonchev–Trinajstić information content (AvgIpc) is 3.19. The number of anilines is 1. The van der Waals surface area contributed by atoms with Crippen LogP contribution in [0.4, 0.5) is 10.2 Å². The SMILES string of the molecule is O=C1C(Cl)C(c2ccc(F)cc2)N1Nc1nc2ccccc2n2nnnc12. The van der Waals surface area contributed by atoms with E-state index in [1.165, 1.54) is 17.1 Å². The highest BCUT2D eigenvalue weighted by Crippen LogP contribution is 2.38. The number of para-hydroxylation sites is 2. The molecular weight excluding hydrogens is 373 g/mol. The number of hydrazine groups is 1. The lowest BCUT2D eigenvalue weighted by atomic mass is 9.95. The molecule has 0 bridgehead atoms. The zero-order valence-corrected chi connectivity index (χ0v) is 14.4. The highest BCUT2D eigenvalue weighted by atomic mass is 35.5. The number of aromatic nitrogens is 5. The van der Waals surface area contributed by atoms with Crippen molar-refractivity contribution in [3.63, 3.8) is 0 Å². The molecule has 10 heteroatoms. The first-order chi connectivity index (χ1) is 13.1. The van der Waals surface area contributed by atoms with Gasteiger partial charge in [0.15, 0.2) is 5.82 Å². The van der Waals surface area contributed by atoms with Crippen molar-refractivity contribution in [2.75, 3.05) is 5.43 Å². The van der Waals surface area contributed by atoms with Crippen LogP contribution in [0.2, 0.25) is 0 Å². The number of benzene rings is 2. The van der Waals surface area contributed by atoms with E-state index >= 15 is 0 Å². The Bertz CT molecular complexity index is 1180. The summed E-state index contributed by atoms with van der Waals surface area (Å²) in [5.74, 6) is -0.350. The van der Waals surface area contributed by atoms with E-state index in [0.717, 1.165) is 5.52 Å². The molecule has 0 saturated carbocycles. The van der Waals surface area contributed by atoms with Crippen LogP contribution in [0.15, 0.2) is 48.5 Å². The van der Waals surface area contributed by atoms with Crippen LogP contribution < -0.4 is 5.43 Å². The van der Waals surface area contributed by atoms with Crippen LogP contribution in [0.5, 0.6) is 0 Å². The van der Waals surface area contributed by atoms with Gasteiger partial charge in [-0.1, -0.05) is 24.3 Å². The van der Waals surface area contributed by atoms with E-state index in [1.807, 2.05) is 24.3 Å². The maximum Gasteiger partial charge on any atom is 0.262 e. The van der Waals surface area contributed by atoms with Crippen molar-refractivity contribution in [1.29, 1.82) is 0 Å². The van der Waals surface area contributed by atoms with Gasteiger partial charge in [0.1, 0.15) is 17.2 Å². The number of hydrogen-bond donors (Lipinski definition) is 1. The summed E-state index contributed by atoms with van der Waals surface area (Å²) < 4.78 is 14.8. The van der Waals surface area contributed by atoms with Crippen molar-refractivity contribution in [2.45, 2.75) is 11.4 Å². The molecule has 0 spiro atoms. The smallest absolute Gasteiger partial charge is 0.262 e. The molecule has 2 unspecified atom stereocenters. The van der Waals surface area contributed by atoms with Crippen LogP contribution >= 0.6 is 11.6 Å². The average molecular weight is 384 g/mol. The molecule has 2 aromatic carbocycles. The Morgan fingerprint density at radius 2 is 1.89 bits per heavy atom. The molecule has 1 aliphatic heterocycles. The van der Waals surface area contributed by atoms with Gasteiger partial charge >= 0.3 is 0 Å². The number of nitrogens with one attached hydrogen (secondary N) is 1. The Morgan fingerprint density at radius 1 is 1.11 bits per heavy atom. The molecule has 2 aromatic heterocycles. The monoisotopic (exact) mass is 383 g/mol. The van der Waals surface area contributed by atoms with Crippen molar-refractivity contribution < 1.29 is 9.18 Å². The first-order valence-corrected chi connectivity index (χ1v) is 8.53. The van der Waals surface area contributed by atoms with Gasteiger partial charge in [-0.05, 0) is 40.3 Å². The summed E-state index contributed by atoms with van der Waals surface area (Å²) in [7, 11) is 0. The third-order valence-electron chi connectivity index (χ3n) is 4.49. The fraction of sp³-hybridized carbons (Fsp3) is 0.118. The molecule has 4 aromatic rings. The van der Waals surface area contributed by atoms with Crippen molar-refractivity contribution in [3.05, 3.63) is 59.9 Å². The maximum atomic E-state index is 13.2. The normalized spacial score (nSPS) is 19.5. The lowest BCUT2D eigenvalue weighted by Gasteiger charge is -2.44. The predicted molar refractivity (Wildman–Crippen MR) is 95.3 cm³/mol. The summed E-state index contributed by atoms with van der Waals surface area (Å²) >= 11 is 6.20. The number of alkyl halides is 1. The fourth-order valence-electron chi connectivity index (χ4n) is 3.15. The van der Waals surface area contributed by atoms with Gasteiger partial charge in [-0.3, -0.25) is 10.2 Å². The quantitative estimate of drug-likeness (QED) is 0.431. The minimum atomic E-state index is -0.754. The Kier molecular flexibility index (Phi) is 3.44. The summed E-state index contributed by atoms with van der Waals surface area (Å²) in [6.07, 6.45) is 0. The summed E-state index contributed by atoms with van der Waals surface area (Å²) in [5.41, 5.74) is 5.45. The molecule has 2 atom stereocenters. The molecule has 5 rings (SSSR count). The number of tetrazole rings is 1. The van der Waals surface area contributed by atoms with Gasteiger partial charge in [0, 0.05) is 0 Å². The number of nitrogens with zero attached hydrogens (tertiary/aromatic N) is 6. The molecule has 8 nitrogen and oxygen atoms in total. The van der Waals surface area contributed by atoms with E-state index in [4.69, 9.17) is 11.6 Å². The second-order valence-electron chi connectivity index (χ2n) is 6.08. The maximum absolute atomic E-state index is 13.2. The number of halogens is 2. The van der Waals surface area contributed by atoms with Crippen molar-refractivity contribution in [1.82, 2.24) is 30.0 Å². The topological polar surface area (TPSA) is 88.3 Å². The van der Waals surface area contributed by atoms with Crippen LogP contribution in [-0.2, 0) is 4.79 Å². The number of carbonyl (C=O) groups excluding carboxylic acids is 1. The van der Waals surface area contributed by atoms with Crippen LogP contribution in [0.3, 0.4) is 0 Å². The standard InChI is InChI=1S/C17H11ClFN7O/c18-13-14(9-5-7-10(19)8-6-9)26(17(13)27)22-15-16-21-23-24-25(16)12-4-2-1-3-11(12)20-15/h1-8,13-14H,(H,20,22). The predicted octanol–water partition coefficient (Wildman–Crippen LogP) is 2.33. The van der Waals surface area contributed by atoms with Gasteiger partial charge in [0.05, 0.1) is 11.0 Å². The van der Waals surface area contributed by atoms with Crippen LogP contribution in [0.25, 0.3) is 16.7 Å². The van der Waals surface area contributed by atoms with Crippen molar-refractivity contribution in [3.8, 4) is 0 Å². The first kappa shape index (κ1) is 15.9. The first-order valence-electron chi connectivity index (χ1n) is 8.09. The highest BCUT2D eigenvalue weighted by Gasteiger charge is 2.48. The van der Waals surface area contributed by atoms with Gasteiger partial charge in [-0.2, -0.15) is 4.52 Å². The second kappa shape index (κ2) is 5.85. The lowest BCUT2D eigenvalue weighted by molar-refractivity contribution is -0.143. The number of β-lactam (4-membered cyclic amide) rings is 1. The third-order valence-corrected chi connectivity index (χ3v) is 4.92. The molecular formula is C17H11ClFN7O. The molecule has 1 N–H and O–H groups in total. The number of hydrogen-bond acceptors (Lipinski definition) is 6. The second-order valence-corrected chi connectivity index (χ2v) is 6.55. The molecule has 1 amide bonds. The van der Waals surface area contributed by atoms with E-state index in [0.29, 0.717) is 22.5 Å². The number of fused-ring (bicyclic) bond motifs is 3. The van der Waals surface area contributed by atoms with E-state index in [9.17, 15) is 9.18 Å². The summed E-state index contributed by atoms with van der Waals surface area (Å²) in [6.45, 7) is 0. The van der Waals surface area contributed by atoms with E-state index < -0.39 is 11.4 Å². The largest absolute Gasteiger partial charge is 0.275 e. The zero-order chi connectivity index (χ0) is 18.5. The minimum absolute atomic E-state index is 0.313. The van der Waals surface area contributed by atoms with E-state index in [-0.39, 0.29) is 11.7 Å². The highest BCUT2D eigenvalue weighted by molar-refractivity contribution is 6.33. The fourth-order valence-corrected chi connectivity index (χ4v) is 3.51. The Morgan fingerprint density at radius 3 is 2.70 bits per heavy atom. The molecule has 3 heterocycles. The van der Waals surface area contributed by atoms with E-state index in [2.05, 4.69) is 25.9 Å².